The van der Waals surface area contributed by atoms with Gasteiger partial charge >= 0.3 is 0 Å². The predicted octanol–water partition coefficient (Wildman–Crippen LogP) is 1.73. The minimum atomic E-state index is 0.642. The average molecular weight is 199 g/mol. The van der Waals surface area contributed by atoms with Crippen molar-refractivity contribution >= 4 is 15.9 Å². The van der Waals surface area contributed by atoms with Crippen LogP contribution < -0.4 is 0 Å². The summed E-state index contributed by atoms with van der Waals surface area (Å²) in [5.41, 5.74) is 1.16. The molecular formula is C7H7BrN2. The molecule has 0 radical (unpaired) electrons. The standard InChI is InChI=1S/C7H7BrN2/c8-6-3-5(6)7-1-2-9-4-10-7/h1-2,4-6H,3H2. The molecule has 0 aromatic carbocycles. The molecule has 2 unspecified atom stereocenters. The molecular weight excluding hydrogens is 192 g/mol. The average Bonchev–Trinajstić information content (AvgIpc) is 2.69. The van der Waals surface area contributed by atoms with E-state index in [2.05, 4.69) is 25.9 Å². The zero-order valence-corrected chi connectivity index (χ0v) is 6.95. The maximum Gasteiger partial charge on any atom is 0.115 e. The fraction of sp³-hybridized carbons (Fsp3) is 0.429. The molecule has 2 rings (SSSR count). The van der Waals surface area contributed by atoms with Crippen molar-refractivity contribution in [2.45, 2.75) is 17.2 Å². The molecule has 0 amide bonds. The van der Waals surface area contributed by atoms with Crippen LogP contribution in [0.4, 0.5) is 0 Å². The summed E-state index contributed by atoms with van der Waals surface area (Å²) in [4.78, 5) is 8.66. The highest BCUT2D eigenvalue weighted by Crippen LogP contribution is 2.45. The van der Waals surface area contributed by atoms with Gasteiger partial charge in [0.05, 0.1) is 0 Å². The SMILES string of the molecule is BrC1CC1c1ccncn1. The quantitative estimate of drug-likeness (QED) is 0.643. The van der Waals surface area contributed by atoms with Crippen molar-refractivity contribution in [1.29, 1.82) is 0 Å². The molecule has 1 aliphatic carbocycles. The molecule has 0 N–H and O–H groups in total. The van der Waals surface area contributed by atoms with E-state index in [0.717, 1.165) is 5.69 Å². The first kappa shape index (κ1) is 6.28. The second-order valence-electron chi connectivity index (χ2n) is 2.49. The summed E-state index contributed by atoms with van der Waals surface area (Å²) in [6.07, 6.45) is 4.62. The van der Waals surface area contributed by atoms with Gasteiger partial charge in [0.2, 0.25) is 0 Å². The third-order valence-corrected chi connectivity index (χ3v) is 2.71. The van der Waals surface area contributed by atoms with E-state index in [9.17, 15) is 0 Å². The van der Waals surface area contributed by atoms with E-state index in [1.807, 2.05) is 6.07 Å². The number of hydrogen-bond donors (Lipinski definition) is 0. The van der Waals surface area contributed by atoms with Crippen molar-refractivity contribution in [2.24, 2.45) is 0 Å². The molecule has 1 fully saturated rings. The predicted molar refractivity (Wildman–Crippen MR) is 42.1 cm³/mol. The summed E-state index contributed by atoms with van der Waals surface area (Å²) in [5, 5.41) is 0. The molecule has 2 atom stereocenters. The van der Waals surface area contributed by atoms with Crippen LogP contribution in [0.5, 0.6) is 0 Å². The molecule has 0 aliphatic heterocycles. The number of halogens is 1. The first-order valence-electron chi connectivity index (χ1n) is 3.28. The maximum absolute atomic E-state index is 4.15. The molecule has 1 saturated carbocycles. The van der Waals surface area contributed by atoms with E-state index in [1.54, 1.807) is 12.5 Å². The highest BCUT2D eigenvalue weighted by Gasteiger charge is 2.36. The van der Waals surface area contributed by atoms with E-state index in [0.29, 0.717) is 10.7 Å². The number of alkyl halides is 1. The smallest absolute Gasteiger partial charge is 0.115 e. The van der Waals surface area contributed by atoms with Crippen molar-refractivity contribution < 1.29 is 0 Å². The number of rotatable bonds is 1. The summed E-state index contributed by atoms with van der Waals surface area (Å²) >= 11 is 3.52. The molecule has 1 aromatic heterocycles. The summed E-state index contributed by atoms with van der Waals surface area (Å²) in [5.74, 6) is 0.642. The number of hydrogen-bond acceptors (Lipinski definition) is 2. The van der Waals surface area contributed by atoms with E-state index < -0.39 is 0 Å². The fourth-order valence-electron chi connectivity index (χ4n) is 0.990. The Hall–Kier alpha value is -0.440. The minimum absolute atomic E-state index is 0.642. The van der Waals surface area contributed by atoms with Crippen LogP contribution in [-0.4, -0.2) is 14.8 Å². The van der Waals surface area contributed by atoms with Gasteiger partial charge in [-0.05, 0) is 12.5 Å². The Morgan fingerprint density at radius 2 is 2.40 bits per heavy atom. The Bertz CT molecular complexity index is 224. The van der Waals surface area contributed by atoms with Crippen molar-refractivity contribution in [2.75, 3.05) is 0 Å². The molecule has 2 nitrogen and oxygen atoms in total. The van der Waals surface area contributed by atoms with Gasteiger partial charge in [0.15, 0.2) is 0 Å². The lowest BCUT2D eigenvalue weighted by atomic mass is 10.3. The maximum atomic E-state index is 4.15. The third-order valence-electron chi connectivity index (χ3n) is 1.70. The van der Waals surface area contributed by atoms with Crippen LogP contribution >= 0.6 is 15.9 Å². The van der Waals surface area contributed by atoms with Crippen LogP contribution in [0.15, 0.2) is 18.6 Å². The molecule has 1 heterocycles. The lowest BCUT2D eigenvalue weighted by Gasteiger charge is -1.92. The van der Waals surface area contributed by atoms with Crippen LogP contribution in [0.1, 0.15) is 18.0 Å². The Kier molecular flexibility index (Phi) is 1.45. The second-order valence-corrected chi connectivity index (χ2v) is 3.67. The second kappa shape index (κ2) is 2.31. The van der Waals surface area contributed by atoms with Gasteiger partial charge in [0, 0.05) is 22.6 Å². The Labute approximate surface area is 67.8 Å². The summed E-state index contributed by atoms with van der Waals surface area (Å²) in [7, 11) is 0. The van der Waals surface area contributed by atoms with Crippen LogP contribution in [0, 0.1) is 0 Å². The monoisotopic (exact) mass is 198 g/mol. The van der Waals surface area contributed by atoms with Crippen LogP contribution in [-0.2, 0) is 0 Å². The van der Waals surface area contributed by atoms with E-state index in [1.165, 1.54) is 6.42 Å². The molecule has 52 valence electrons. The zero-order chi connectivity index (χ0) is 6.97. The van der Waals surface area contributed by atoms with Crippen LogP contribution in [0.2, 0.25) is 0 Å². The lowest BCUT2D eigenvalue weighted by Crippen LogP contribution is -1.86. The topological polar surface area (TPSA) is 25.8 Å². The summed E-state index contributed by atoms with van der Waals surface area (Å²) in [6.45, 7) is 0. The Balaban J connectivity index is 2.20. The highest BCUT2D eigenvalue weighted by molar-refractivity contribution is 9.09. The first-order chi connectivity index (χ1) is 4.88. The van der Waals surface area contributed by atoms with Gasteiger partial charge in [-0.3, -0.25) is 0 Å². The molecule has 10 heavy (non-hydrogen) atoms. The molecule has 3 heteroatoms. The van der Waals surface area contributed by atoms with E-state index in [-0.39, 0.29) is 0 Å². The van der Waals surface area contributed by atoms with Gasteiger partial charge in [-0.2, -0.15) is 0 Å². The normalized spacial score (nSPS) is 30.1. The van der Waals surface area contributed by atoms with E-state index >= 15 is 0 Å². The number of aromatic nitrogens is 2. The Morgan fingerprint density at radius 1 is 1.60 bits per heavy atom. The third kappa shape index (κ3) is 1.06. The molecule has 0 spiro atoms. The van der Waals surface area contributed by atoms with E-state index in [4.69, 9.17) is 0 Å². The minimum Gasteiger partial charge on any atom is -0.245 e. The fourth-order valence-corrected chi connectivity index (χ4v) is 1.66. The summed E-state index contributed by atoms with van der Waals surface area (Å²) in [6, 6.07) is 1.98. The van der Waals surface area contributed by atoms with Gasteiger partial charge in [0.25, 0.3) is 0 Å². The lowest BCUT2D eigenvalue weighted by molar-refractivity contribution is 0.991. The van der Waals surface area contributed by atoms with Crippen molar-refractivity contribution in [3.63, 3.8) is 0 Å². The van der Waals surface area contributed by atoms with Crippen molar-refractivity contribution in [1.82, 2.24) is 9.97 Å². The first-order valence-corrected chi connectivity index (χ1v) is 4.19. The van der Waals surface area contributed by atoms with Gasteiger partial charge in [-0.1, -0.05) is 15.9 Å². The van der Waals surface area contributed by atoms with Crippen molar-refractivity contribution in [3.05, 3.63) is 24.3 Å². The molecule has 1 aliphatic rings. The highest BCUT2D eigenvalue weighted by atomic mass is 79.9. The summed E-state index contributed by atoms with van der Waals surface area (Å²) < 4.78 is 0. The molecule has 0 saturated heterocycles. The molecule has 1 aromatic rings. The largest absolute Gasteiger partial charge is 0.245 e. The van der Waals surface area contributed by atoms with Crippen molar-refractivity contribution in [3.8, 4) is 0 Å². The van der Waals surface area contributed by atoms with Gasteiger partial charge in [-0.15, -0.1) is 0 Å². The zero-order valence-electron chi connectivity index (χ0n) is 5.37. The van der Waals surface area contributed by atoms with Crippen LogP contribution in [0.25, 0.3) is 0 Å². The van der Waals surface area contributed by atoms with Gasteiger partial charge < -0.3 is 0 Å². The van der Waals surface area contributed by atoms with Crippen LogP contribution in [0.3, 0.4) is 0 Å². The Morgan fingerprint density at radius 3 is 2.90 bits per heavy atom. The molecule has 0 bridgehead atoms. The van der Waals surface area contributed by atoms with Gasteiger partial charge in [0.1, 0.15) is 6.33 Å². The number of nitrogens with zero attached hydrogens (tertiary/aromatic N) is 2. The van der Waals surface area contributed by atoms with Gasteiger partial charge in [-0.25, -0.2) is 9.97 Å².